The van der Waals surface area contributed by atoms with E-state index in [1.54, 1.807) is 7.11 Å². The minimum Gasteiger partial charge on any atom is -0.497 e. The Bertz CT molecular complexity index is 1180. The third-order valence-electron chi connectivity index (χ3n) is 4.24. The Labute approximate surface area is 189 Å². The van der Waals surface area contributed by atoms with Gasteiger partial charge in [-0.3, -0.25) is 0 Å². The summed E-state index contributed by atoms with van der Waals surface area (Å²) in [5.74, 6) is 0.771. The number of para-hydroxylation sites is 1. The number of thiocarbonyl (C=S) groups is 1. The van der Waals surface area contributed by atoms with Crippen LogP contribution < -0.4 is 15.4 Å². The predicted octanol–water partition coefficient (Wildman–Crippen LogP) is 7.04. The molecule has 4 aromatic rings. The van der Waals surface area contributed by atoms with Gasteiger partial charge in [-0.05, 0) is 48.6 Å². The molecule has 0 amide bonds. The first-order valence-electron chi connectivity index (χ1n) is 9.46. The van der Waals surface area contributed by atoms with E-state index in [1.807, 2.05) is 84.9 Å². The average Bonchev–Trinajstić information content (AvgIpc) is 3.21. The smallest absolute Gasteiger partial charge is 0.191 e. The molecule has 1 aromatic heterocycles. The summed E-state index contributed by atoms with van der Waals surface area (Å²) in [5.41, 5.74) is 3.33. The zero-order chi connectivity index (χ0) is 21.5. The fourth-order valence-corrected chi connectivity index (χ4v) is 3.84. The van der Waals surface area contributed by atoms with E-state index in [0.717, 1.165) is 28.4 Å². The predicted molar refractivity (Wildman–Crippen MR) is 131 cm³/mol. The summed E-state index contributed by atoms with van der Waals surface area (Å²) in [6.07, 6.45) is 0. The van der Waals surface area contributed by atoms with Gasteiger partial charge >= 0.3 is 0 Å². The normalized spacial score (nSPS) is 10.7. The van der Waals surface area contributed by atoms with Crippen LogP contribution in [0, 0.1) is 0 Å². The lowest BCUT2D eigenvalue weighted by Crippen LogP contribution is -2.18. The van der Waals surface area contributed by atoms with Crippen LogP contribution in [0.15, 0.2) is 95.2 Å². The van der Waals surface area contributed by atoms with Gasteiger partial charge in [0, 0.05) is 11.3 Å². The third-order valence-corrected chi connectivity index (χ3v) is 5.30. The molecule has 31 heavy (non-hydrogen) atoms. The quantitative estimate of drug-likeness (QED) is 0.246. The van der Waals surface area contributed by atoms with Crippen LogP contribution >= 0.6 is 23.6 Å². The molecule has 0 bridgehead atoms. The van der Waals surface area contributed by atoms with Crippen LogP contribution in [-0.4, -0.2) is 17.2 Å². The number of anilines is 2. The topological polar surface area (TPSA) is 70.9 Å². The highest BCUT2D eigenvalue weighted by Gasteiger charge is 2.14. The van der Waals surface area contributed by atoms with Crippen molar-refractivity contribution in [2.24, 2.45) is 10.2 Å². The summed E-state index contributed by atoms with van der Waals surface area (Å²) < 4.78 is 5.19. The number of ether oxygens (including phenoxy) is 1. The molecule has 0 aliphatic heterocycles. The highest BCUT2D eigenvalue weighted by molar-refractivity contribution is 7.80. The van der Waals surface area contributed by atoms with E-state index in [9.17, 15) is 0 Å². The highest BCUT2D eigenvalue weighted by Crippen LogP contribution is 2.39. The van der Waals surface area contributed by atoms with Gasteiger partial charge in [-0.25, -0.2) is 4.98 Å². The fourth-order valence-electron chi connectivity index (χ4n) is 2.75. The molecule has 0 atom stereocenters. The number of nitrogens with one attached hydrogen (secondary N) is 2. The maximum absolute atomic E-state index is 5.43. The second-order valence-electron chi connectivity index (χ2n) is 6.38. The lowest BCUT2D eigenvalue weighted by atomic mass is 10.2. The molecular formula is C23H19N5OS2. The van der Waals surface area contributed by atoms with Crippen molar-refractivity contribution in [1.82, 2.24) is 4.98 Å². The average molecular weight is 446 g/mol. The Morgan fingerprint density at radius 2 is 1.55 bits per heavy atom. The van der Waals surface area contributed by atoms with Crippen molar-refractivity contribution in [3.8, 4) is 17.0 Å². The molecule has 0 aliphatic carbocycles. The highest BCUT2D eigenvalue weighted by atomic mass is 32.1. The summed E-state index contributed by atoms with van der Waals surface area (Å²) in [7, 11) is 1.63. The van der Waals surface area contributed by atoms with Gasteiger partial charge in [0.25, 0.3) is 0 Å². The molecule has 0 saturated heterocycles. The van der Waals surface area contributed by atoms with Crippen LogP contribution in [0.2, 0.25) is 0 Å². The molecule has 154 valence electrons. The van der Waals surface area contributed by atoms with Crippen LogP contribution in [0.3, 0.4) is 0 Å². The summed E-state index contributed by atoms with van der Waals surface area (Å²) >= 11 is 6.82. The fraction of sp³-hybridized carbons (Fsp3) is 0.0435. The molecule has 0 unspecified atom stereocenters. The second-order valence-corrected chi connectivity index (χ2v) is 7.77. The Hall–Kier alpha value is -3.62. The zero-order valence-corrected chi connectivity index (χ0v) is 18.3. The molecule has 4 rings (SSSR count). The van der Waals surface area contributed by atoms with E-state index in [4.69, 9.17) is 21.9 Å². The van der Waals surface area contributed by atoms with Crippen molar-refractivity contribution in [2.45, 2.75) is 0 Å². The molecule has 6 nitrogen and oxygen atoms in total. The standard InChI is InChI=1S/C23H19N5OS2/c1-29-19-14-12-18(13-15-19)27-28-21-20(16-8-4-2-5-9-16)25-23(31-21)26-22(30)24-17-10-6-3-7-11-17/h2-15H,1H3,(H2,24,25,26,30). The van der Waals surface area contributed by atoms with E-state index < -0.39 is 0 Å². The molecule has 2 N–H and O–H groups in total. The number of hydrogen-bond donors (Lipinski definition) is 2. The van der Waals surface area contributed by atoms with Gasteiger partial charge < -0.3 is 15.4 Å². The summed E-state index contributed by atoms with van der Waals surface area (Å²) in [6.45, 7) is 0. The summed E-state index contributed by atoms with van der Waals surface area (Å²) in [5, 5.41) is 16.9. The molecular weight excluding hydrogens is 426 g/mol. The lowest BCUT2D eigenvalue weighted by Gasteiger charge is -2.07. The van der Waals surface area contributed by atoms with Crippen molar-refractivity contribution < 1.29 is 4.74 Å². The Kier molecular flexibility index (Phi) is 6.61. The first-order valence-corrected chi connectivity index (χ1v) is 10.7. The van der Waals surface area contributed by atoms with Crippen molar-refractivity contribution in [3.63, 3.8) is 0 Å². The Morgan fingerprint density at radius 1 is 0.871 bits per heavy atom. The number of aromatic nitrogens is 1. The number of benzene rings is 3. The van der Waals surface area contributed by atoms with Gasteiger partial charge in [0.15, 0.2) is 15.2 Å². The van der Waals surface area contributed by atoms with Gasteiger partial charge in [0.1, 0.15) is 11.4 Å². The first-order chi connectivity index (χ1) is 15.2. The Morgan fingerprint density at radius 3 is 2.23 bits per heavy atom. The van der Waals surface area contributed by atoms with Crippen molar-refractivity contribution in [1.29, 1.82) is 0 Å². The maximum atomic E-state index is 5.43. The monoisotopic (exact) mass is 445 g/mol. The summed E-state index contributed by atoms with van der Waals surface area (Å²) in [6, 6.07) is 27.0. The van der Waals surface area contributed by atoms with Crippen LogP contribution in [0.5, 0.6) is 5.75 Å². The molecule has 0 fully saturated rings. The first kappa shape index (κ1) is 20.6. The van der Waals surface area contributed by atoms with Crippen LogP contribution in [0.4, 0.5) is 21.5 Å². The van der Waals surface area contributed by atoms with E-state index >= 15 is 0 Å². The van der Waals surface area contributed by atoms with E-state index in [-0.39, 0.29) is 0 Å². The molecule has 1 heterocycles. The van der Waals surface area contributed by atoms with Gasteiger partial charge in [0.05, 0.1) is 12.8 Å². The van der Waals surface area contributed by atoms with E-state index in [2.05, 4.69) is 20.9 Å². The zero-order valence-electron chi connectivity index (χ0n) is 16.6. The molecule has 3 aromatic carbocycles. The van der Waals surface area contributed by atoms with E-state index in [1.165, 1.54) is 11.3 Å². The second kappa shape index (κ2) is 9.92. The molecule has 0 spiro atoms. The SMILES string of the molecule is COc1ccc(N=Nc2sc(NC(=S)Nc3ccccc3)nc2-c2ccccc2)cc1. The molecule has 8 heteroatoms. The molecule has 0 radical (unpaired) electrons. The number of methoxy groups -OCH3 is 1. The van der Waals surface area contributed by atoms with E-state index in [0.29, 0.717) is 15.2 Å². The maximum Gasteiger partial charge on any atom is 0.191 e. The van der Waals surface area contributed by atoms with Crippen molar-refractivity contribution in [3.05, 3.63) is 84.9 Å². The molecule has 0 saturated carbocycles. The number of rotatable bonds is 6. The van der Waals surface area contributed by atoms with Gasteiger partial charge in [-0.1, -0.05) is 59.9 Å². The number of thiazole rings is 1. The number of azo groups is 1. The largest absolute Gasteiger partial charge is 0.497 e. The minimum absolute atomic E-state index is 0.457. The molecule has 0 aliphatic rings. The number of nitrogens with zero attached hydrogens (tertiary/aromatic N) is 3. The van der Waals surface area contributed by atoms with Gasteiger partial charge in [-0.2, -0.15) is 0 Å². The van der Waals surface area contributed by atoms with Crippen LogP contribution in [0.25, 0.3) is 11.3 Å². The lowest BCUT2D eigenvalue weighted by molar-refractivity contribution is 0.415. The Balaban J connectivity index is 1.58. The summed E-state index contributed by atoms with van der Waals surface area (Å²) in [4.78, 5) is 4.71. The third kappa shape index (κ3) is 5.50. The van der Waals surface area contributed by atoms with Crippen LogP contribution in [0.1, 0.15) is 0 Å². The minimum atomic E-state index is 0.457. The van der Waals surface area contributed by atoms with Crippen molar-refractivity contribution >= 4 is 50.2 Å². The van der Waals surface area contributed by atoms with Crippen molar-refractivity contribution in [2.75, 3.05) is 17.7 Å². The van der Waals surface area contributed by atoms with Gasteiger partial charge in [-0.15, -0.1) is 10.2 Å². The number of hydrogen-bond acceptors (Lipinski definition) is 6. The van der Waals surface area contributed by atoms with Gasteiger partial charge in [0.2, 0.25) is 0 Å². The van der Waals surface area contributed by atoms with Crippen LogP contribution in [-0.2, 0) is 0 Å².